The fraction of sp³-hybridized carbons (Fsp3) is 0.909. The van der Waals surface area contributed by atoms with Gasteiger partial charge in [0.15, 0.2) is 0 Å². The minimum absolute atomic E-state index is 0.0766. The molecule has 5 heteroatoms. The lowest BCUT2D eigenvalue weighted by Gasteiger charge is -2.58. The van der Waals surface area contributed by atoms with Crippen LogP contribution in [0.1, 0.15) is 125 Å². The van der Waals surface area contributed by atoms with E-state index in [-0.39, 0.29) is 6.10 Å². The van der Waals surface area contributed by atoms with Crippen molar-refractivity contribution in [2.45, 2.75) is 137 Å². The maximum Gasteiger partial charge on any atom is 0.320 e. The summed E-state index contributed by atoms with van der Waals surface area (Å²) >= 11 is 0. The molecule has 0 aromatic rings. The standard InChI is InChI=1S/C27H46O.C6H14N2O2/c1-18(2)7-6-8-19(3)23-11-12-24-22-10-9-20-17-21(28)13-15-26(20,4)25(22)14-16-27(23,24)5;7-4-2-1-3-5(8)6(9)10/h9,18-19,21-25,28H,6-8,10-17H2,1-5H3;5H,1-4,7-8H2,(H,9,10)/t19-,21+,22+,23-,24+,25+,26+,27-;5-/m10/s1. The summed E-state index contributed by atoms with van der Waals surface area (Å²) in [5, 5.41) is 18.5. The average Bonchev–Trinajstić information content (AvgIpc) is 3.22. The molecule has 0 aromatic carbocycles. The SMILES string of the molecule is CC(C)CCC[C@@H](C)[C@H]1CC[C@H]2[C@@H]3CC=C4C[C@@H](O)CC[C@]4(C)[C@H]3CC[C@]12C.NCCCC[C@H](N)C(=O)O. The van der Waals surface area contributed by atoms with E-state index in [0.717, 1.165) is 61.2 Å². The molecule has 3 fully saturated rings. The predicted octanol–water partition coefficient (Wildman–Crippen LogP) is 6.92. The maximum absolute atomic E-state index is 10.2. The Morgan fingerprint density at radius 2 is 1.74 bits per heavy atom. The molecular weight excluding hydrogens is 472 g/mol. The van der Waals surface area contributed by atoms with Crippen LogP contribution in [0.5, 0.6) is 0 Å². The van der Waals surface area contributed by atoms with E-state index in [9.17, 15) is 9.90 Å². The number of allylic oxidation sites excluding steroid dienone is 1. The number of carbonyl (C=O) groups is 1. The third-order valence-corrected chi connectivity index (χ3v) is 11.6. The second-order valence-corrected chi connectivity index (χ2v) is 14.4. The Bertz CT molecular complexity index is 797. The smallest absolute Gasteiger partial charge is 0.320 e. The molecule has 0 amide bonds. The van der Waals surface area contributed by atoms with Gasteiger partial charge in [0.25, 0.3) is 0 Å². The van der Waals surface area contributed by atoms with Crippen LogP contribution in [-0.4, -0.2) is 34.9 Å². The third kappa shape index (κ3) is 7.04. The number of aliphatic hydroxyl groups excluding tert-OH is 1. The van der Waals surface area contributed by atoms with Crippen molar-refractivity contribution in [3.05, 3.63) is 11.6 Å². The summed E-state index contributed by atoms with van der Waals surface area (Å²) < 4.78 is 0. The van der Waals surface area contributed by atoms with Crippen molar-refractivity contribution in [1.29, 1.82) is 0 Å². The molecule has 0 aliphatic heterocycles. The Labute approximate surface area is 233 Å². The topological polar surface area (TPSA) is 110 Å². The molecule has 0 saturated heterocycles. The number of rotatable bonds is 10. The molecule has 38 heavy (non-hydrogen) atoms. The van der Waals surface area contributed by atoms with Gasteiger partial charge in [-0.1, -0.05) is 72.0 Å². The van der Waals surface area contributed by atoms with Crippen LogP contribution in [0.2, 0.25) is 0 Å². The van der Waals surface area contributed by atoms with E-state index in [1.165, 1.54) is 57.8 Å². The molecule has 0 unspecified atom stereocenters. The van der Waals surface area contributed by atoms with Gasteiger partial charge in [-0.2, -0.15) is 0 Å². The van der Waals surface area contributed by atoms with Gasteiger partial charge >= 0.3 is 5.97 Å². The molecule has 3 saturated carbocycles. The van der Waals surface area contributed by atoms with E-state index in [1.807, 2.05) is 0 Å². The first-order chi connectivity index (χ1) is 17.9. The third-order valence-electron chi connectivity index (χ3n) is 11.6. The first-order valence-corrected chi connectivity index (χ1v) is 16.0. The van der Waals surface area contributed by atoms with Gasteiger partial charge < -0.3 is 21.7 Å². The van der Waals surface area contributed by atoms with Crippen LogP contribution in [0.4, 0.5) is 0 Å². The van der Waals surface area contributed by atoms with Crippen LogP contribution in [-0.2, 0) is 4.79 Å². The molecule has 220 valence electrons. The summed E-state index contributed by atoms with van der Waals surface area (Å²) in [5.74, 6) is 4.52. The highest BCUT2D eigenvalue weighted by Crippen LogP contribution is 2.67. The minimum atomic E-state index is -0.933. The number of hydrogen-bond donors (Lipinski definition) is 4. The molecular formula is C33H60N2O3. The molecule has 9 atom stereocenters. The van der Waals surface area contributed by atoms with Gasteiger partial charge in [-0.15, -0.1) is 0 Å². The zero-order valence-electron chi connectivity index (χ0n) is 25.3. The van der Waals surface area contributed by atoms with Gasteiger partial charge in [0.05, 0.1) is 6.10 Å². The van der Waals surface area contributed by atoms with Crippen molar-refractivity contribution in [2.24, 2.45) is 57.8 Å². The largest absolute Gasteiger partial charge is 0.480 e. The number of hydrogen-bond acceptors (Lipinski definition) is 4. The van der Waals surface area contributed by atoms with Crippen molar-refractivity contribution in [3.8, 4) is 0 Å². The summed E-state index contributed by atoms with van der Waals surface area (Å²) in [6, 6.07) is -0.716. The molecule has 5 nitrogen and oxygen atoms in total. The summed E-state index contributed by atoms with van der Waals surface area (Å²) in [6.45, 7) is 13.2. The van der Waals surface area contributed by atoms with Gasteiger partial charge in [-0.25, -0.2) is 0 Å². The average molecular weight is 533 g/mol. The van der Waals surface area contributed by atoms with E-state index < -0.39 is 12.0 Å². The van der Waals surface area contributed by atoms with Gasteiger partial charge in [0, 0.05) is 0 Å². The molecule has 4 aliphatic rings. The molecule has 0 heterocycles. The molecule has 6 N–H and O–H groups in total. The highest BCUT2D eigenvalue weighted by atomic mass is 16.4. The molecule has 4 aliphatic carbocycles. The Morgan fingerprint density at radius 3 is 2.39 bits per heavy atom. The fourth-order valence-electron chi connectivity index (χ4n) is 9.30. The lowest BCUT2D eigenvalue weighted by atomic mass is 9.47. The first kappa shape index (κ1) is 31.6. The van der Waals surface area contributed by atoms with E-state index in [0.29, 0.717) is 23.8 Å². The highest BCUT2D eigenvalue weighted by molar-refractivity contribution is 5.72. The minimum Gasteiger partial charge on any atom is -0.480 e. The molecule has 0 radical (unpaired) electrons. The number of aliphatic carboxylic acids is 1. The van der Waals surface area contributed by atoms with Crippen LogP contribution < -0.4 is 11.5 Å². The quantitative estimate of drug-likeness (QED) is 0.180. The summed E-state index contributed by atoms with van der Waals surface area (Å²) in [4.78, 5) is 10.1. The molecule has 0 spiro atoms. The van der Waals surface area contributed by atoms with Crippen molar-refractivity contribution in [2.75, 3.05) is 6.54 Å². The van der Waals surface area contributed by atoms with Gasteiger partial charge in [0.1, 0.15) is 6.04 Å². The summed E-state index contributed by atoms with van der Waals surface area (Å²) in [5.41, 5.74) is 13.0. The first-order valence-electron chi connectivity index (χ1n) is 16.0. The number of nitrogens with two attached hydrogens (primary N) is 2. The number of fused-ring (bicyclic) bond motifs is 5. The van der Waals surface area contributed by atoms with Crippen LogP contribution in [0.15, 0.2) is 11.6 Å². The summed E-state index contributed by atoms with van der Waals surface area (Å²) in [7, 11) is 0. The second kappa shape index (κ2) is 13.6. The van der Waals surface area contributed by atoms with Crippen LogP contribution >= 0.6 is 0 Å². The summed E-state index contributed by atoms with van der Waals surface area (Å²) in [6.07, 6.45) is 19.3. The van der Waals surface area contributed by atoms with Crippen LogP contribution in [0, 0.1) is 46.3 Å². The Morgan fingerprint density at radius 1 is 1.00 bits per heavy atom. The number of unbranched alkanes of at least 4 members (excludes halogenated alkanes) is 1. The van der Waals surface area contributed by atoms with E-state index in [2.05, 4.69) is 40.7 Å². The Kier molecular flexibility index (Phi) is 11.3. The van der Waals surface area contributed by atoms with E-state index in [1.54, 1.807) is 5.57 Å². The molecule has 0 bridgehead atoms. The van der Waals surface area contributed by atoms with Crippen molar-refractivity contribution in [1.82, 2.24) is 0 Å². The van der Waals surface area contributed by atoms with Crippen molar-refractivity contribution < 1.29 is 15.0 Å². The van der Waals surface area contributed by atoms with Gasteiger partial charge in [0.2, 0.25) is 0 Å². The van der Waals surface area contributed by atoms with E-state index >= 15 is 0 Å². The van der Waals surface area contributed by atoms with Crippen LogP contribution in [0.25, 0.3) is 0 Å². The Hall–Kier alpha value is -0.910. The lowest BCUT2D eigenvalue weighted by Crippen LogP contribution is -2.50. The van der Waals surface area contributed by atoms with Gasteiger partial charge in [-0.05, 0) is 117 Å². The Balaban J connectivity index is 0.000000342. The maximum atomic E-state index is 10.2. The number of aliphatic hydroxyl groups is 1. The number of carboxylic acid groups (broad SMARTS) is 1. The zero-order chi connectivity index (χ0) is 28.1. The second-order valence-electron chi connectivity index (χ2n) is 14.4. The van der Waals surface area contributed by atoms with Crippen LogP contribution in [0.3, 0.4) is 0 Å². The highest BCUT2D eigenvalue weighted by Gasteiger charge is 2.59. The molecule has 0 aromatic heterocycles. The normalized spacial score (nSPS) is 37.7. The fourth-order valence-corrected chi connectivity index (χ4v) is 9.30. The predicted molar refractivity (Wildman–Crippen MR) is 158 cm³/mol. The zero-order valence-corrected chi connectivity index (χ0v) is 25.3. The lowest BCUT2D eigenvalue weighted by molar-refractivity contribution is -0.138. The molecule has 4 rings (SSSR count). The monoisotopic (exact) mass is 532 g/mol. The van der Waals surface area contributed by atoms with Crippen molar-refractivity contribution >= 4 is 5.97 Å². The van der Waals surface area contributed by atoms with E-state index in [4.69, 9.17) is 16.6 Å². The van der Waals surface area contributed by atoms with Crippen molar-refractivity contribution in [3.63, 3.8) is 0 Å². The number of carboxylic acids is 1. The van der Waals surface area contributed by atoms with Gasteiger partial charge in [-0.3, -0.25) is 4.79 Å².